The quantitative estimate of drug-likeness (QED) is 0.819. The van der Waals surface area contributed by atoms with E-state index in [0.717, 1.165) is 0 Å². The molecule has 1 amide bonds. The number of alkyl halides is 2. The van der Waals surface area contributed by atoms with Crippen LogP contribution in [0.1, 0.15) is 24.2 Å². The fraction of sp³-hybridized carbons (Fsp3) is 0.533. The van der Waals surface area contributed by atoms with Crippen molar-refractivity contribution in [3.8, 4) is 11.5 Å². The molecule has 0 bridgehead atoms. The zero-order valence-corrected chi connectivity index (χ0v) is 14.5. The summed E-state index contributed by atoms with van der Waals surface area (Å²) in [6.45, 7) is 1.76. The number of hydrogen-bond donors (Lipinski definition) is 1. The molecule has 0 saturated heterocycles. The molecule has 0 aliphatic heterocycles. The summed E-state index contributed by atoms with van der Waals surface area (Å²) in [5.41, 5.74) is 5.66. The molecular weight excluding hydrogens is 330 g/mol. The van der Waals surface area contributed by atoms with Crippen LogP contribution in [0.3, 0.4) is 0 Å². The number of halogens is 3. The van der Waals surface area contributed by atoms with E-state index in [1.807, 2.05) is 13.8 Å². The largest absolute Gasteiger partial charge is 0.493 e. The first-order valence-corrected chi connectivity index (χ1v) is 6.78. The lowest BCUT2D eigenvalue weighted by molar-refractivity contribution is -0.0512. The average Bonchev–Trinajstić information content (AvgIpc) is 2.45. The third-order valence-electron chi connectivity index (χ3n) is 3.19. The van der Waals surface area contributed by atoms with Crippen LogP contribution in [0, 0.1) is 5.41 Å². The summed E-state index contributed by atoms with van der Waals surface area (Å²) in [6.07, 6.45) is 0. The second-order valence-electron chi connectivity index (χ2n) is 5.77. The predicted molar refractivity (Wildman–Crippen MR) is 86.7 cm³/mol. The number of carbonyl (C=O) groups is 1. The first kappa shape index (κ1) is 21.4. The van der Waals surface area contributed by atoms with Crippen molar-refractivity contribution in [2.24, 2.45) is 11.1 Å². The number of ether oxygens (including phenoxy) is 2. The highest BCUT2D eigenvalue weighted by Crippen LogP contribution is 2.30. The Balaban J connectivity index is 0.00000484. The van der Waals surface area contributed by atoms with Gasteiger partial charge in [-0.1, -0.05) is 13.8 Å². The summed E-state index contributed by atoms with van der Waals surface area (Å²) < 4.78 is 34.1. The third kappa shape index (κ3) is 6.19. The fourth-order valence-corrected chi connectivity index (χ4v) is 2.00. The number of carbonyl (C=O) groups excluding carboxylic acids is 1. The van der Waals surface area contributed by atoms with Crippen LogP contribution in [-0.4, -0.2) is 44.7 Å². The highest BCUT2D eigenvalue weighted by Gasteiger charge is 2.23. The van der Waals surface area contributed by atoms with E-state index in [1.165, 1.54) is 30.2 Å². The van der Waals surface area contributed by atoms with Crippen LogP contribution in [0.4, 0.5) is 8.78 Å². The molecule has 0 aliphatic rings. The van der Waals surface area contributed by atoms with Gasteiger partial charge in [0.15, 0.2) is 11.5 Å². The van der Waals surface area contributed by atoms with Crippen LogP contribution >= 0.6 is 12.4 Å². The maximum Gasteiger partial charge on any atom is 0.387 e. The summed E-state index contributed by atoms with van der Waals surface area (Å²) in [5, 5.41) is 0. The van der Waals surface area contributed by atoms with Crippen LogP contribution in [0.2, 0.25) is 0 Å². The minimum atomic E-state index is -2.99. The molecule has 0 saturated carbocycles. The summed E-state index contributed by atoms with van der Waals surface area (Å²) in [6, 6.07) is 4.18. The Hall–Kier alpha value is -1.60. The fourth-order valence-electron chi connectivity index (χ4n) is 2.00. The molecule has 23 heavy (non-hydrogen) atoms. The third-order valence-corrected chi connectivity index (χ3v) is 3.19. The first-order chi connectivity index (χ1) is 10.2. The van der Waals surface area contributed by atoms with Crippen molar-refractivity contribution < 1.29 is 23.0 Å². The summed E-state index contributed by atoms with van der Waals surface area (Å²) in [4.78, 5) is 13.9. The molecule has 1 rings (SSSR count). The predicted octanol–water partition coefficient (Wildman–Crippen LogP) is 2.78. The molecule has 0 atom stereocenters. The van der Waals surface area contributed by atoms with Crippen molar-refractivity contribution in [3.05, 3.63) is 23.8 Å². The van der Waals surface area contributed by atoms with Crippen molar-refractivity contribution in [1.82, 2.24) is 4.90 Å². The van der Waals surface area contributed by atoms with Crippen LogP contribution < -0.4 is 15.2 Å². The molecule has 132 valence electrons. The van der Waals surface area contributed by atoms with Crippen molar-refractivity contribution in [1.29, 1.82) is 0 Å². The van der Waals surface area contributed by atoms with Gasteiger partial charge in [0.25, 0.3) is 5.91 Å². The number of nitrogens with zero attached hydrogens (tertiary/aromatic N) is 1. The van der Waals surface area contributed by atoms with E-state index < -0.39 is 6.61 Å². The van der Waals surface area contributed by atoms with Gasteiger partial charge in [0.2, 0.25) is 0 Å². The van der Waals surface area contributed by atoms with Crippen LogP contribution in [0.15, 0.2) is 18.2 Å². The number of amides is 1. The van der Waals surface area contributed by atoms with E-state index in [0.29, 0.717) is 13.1 Å². The molecule has 0 unspecified atom stereocenters. The Bertz CT molecular complexity index is 527. The Morgan fingerprint density at radius 1 is 1.35 bits per heavy atom. The number of methoxy groups -OCH3 is 1. The zero-order chi connectivity index (χ0) is 16.9. The molecule has 0 spiro atoms. The van der Waals surface area contributed by atoms with E-state index in [9.17, 15) is 13.6 Å². The van der Waals surface area contributed by atoms with Crippen molar-refractivity contribution in [2.45, 2.75) is 20.5 Å². The topological polar surface area (TPSA) is 64.8 Å². The summed E-state index contributed by atoms with van der Waals surface area (Å²) in [7, 11) is 2.97. The van der Waals surface area contributed by atoms with Crippen molar-refractivity contribution in [2.75, 3.05) is 27.2 Å². The Morgan fingerprint density at radius 2 is 1.96 bits per heavy atom. The Morgan fingerprint density at radius 3 is 2.43 bits per heavy atom. The van der Waals surface area contributed by atoms with Gasteiger partial charge in [-0.25, -0.2) is 0 Å². The van der Waals surface area contributed by atoms with Gasteiger partial charge in [-0.2, -0.15) is 8.78 Å². The van der Waals surface area contributed by atoms with Crippen molar-refractivity contribution >= 4 is 18.3 Å². The van der Waals surface area contributed by atoms with Gasteiger partial charge >= 0.3 is 6.61 Å². The van der Waals surface area contributed by atoms with Crippen LogP contribution in [-0.2, 0) is 0 Å². The van der Waals surface area contributed by atoms with Gasteiger partial charge < -0.3 is 20.1 Å². The second kappa shape index (κ2) is 8.88. The van der Waals surface area contributed by atoms with Gasteiger partial charge in [0.1, 0.15) is 0 Å². The molecule has 0 aliphatic carbocycles. The Labute approximate surface area is 141 Å². The highest BCUT2D eigenvalue weighted by atomic mass is 35.5. The van der Waals surface area contributed by atoms with E-state index >= 15 is 0 Å². The molecule has 0 radical (unpaired) electrons. The monoisotopic (exact) mass is 352 g/mol. The first-order valence-electron chi connectivity index (χ1n) is 6.78. The maximum absolute atomic E-state index is 12.4. The zero-order valence-electron chi connectivity index (χ0n) is 13.6. The standard InChI is InChI=1S/C15H22F2N2O3.ClH/c1-15(2,8-18)9-19(3)13(20)10-5-6-11(21-4)12(7-10)22-14(16)17;/h5-7,14H,8-9,18H2,1-4H3;1H. The molecule has 2 N–H and O–H groups in total. The van der Waals surface area contributed by atoms with E-state index in [2.05, 4.69) is 4.74 Å². The van der Waals surface area contributed by atoms with Gasteiger partial charge in [0, 0.05) is 19.2 Å². The SMILES string of the molecule is COc1ccc(C(=O)N(C)CC(C)(C)CN)cc1OC(F)F.Cl. The average molecular weight is 353 g/mol. The molecule has 1 aromatic rings. The van der Waals surface area contributed by atoms with E-state index in [-0.39, 0.29) is 40.8 Å². The van der Waals surface area contributed by atoms with E-state index in [1.54, 1.807) is 7.05 Å². The minimum Gasteiger partial charge on any atom is -0.493 e. The lowest BCUT2D eigenvalue weighted by Crippen LogP contribution is -2.39. The van der Waals surface area contributed by atoms with Gasteiger partial charge in [-0.15, -0.1) is 12.4 Å². The maximum atomic E-state index is 12.4. The van der Waals surface area contributed by atoms with Gasteiger partial charge in [-0.3, -0.25) is 4.79 Å². The van der Waals surface area contributed by atoms with Crippen LogP contribution in [0.25, 0.3) is 0 Å². The molecule has 1 aromatic carbocycles. The normalized spacial score (nSPS) is 11.0. The minimum absolute atomic E-state index is 0. The molecule has 5 nitrogen and oxygen atoms in total. The number of hydrogen-bond acceptors (Lipinski definition) is 4. The molecule has 0 fully saturated rings. The molecule has 8 heteroatoms. The number of rotatable bonds is 7. The van der Waals surface area contributed by atoms with Gasteiger partial charge in [-0.05, 0) is 30.2 Å². The highest BCUT2D eigenvalue weighted by molar-refractivity contribution is 5.94. The van der Waals surface area contributed by atoms with Crippen molar-refractivity contribution in [3.63, 3.8) is 0 Å². The number of nitrogens with two attached hydrogens (primary N) is 1. The molecular formula is C15H23ClF2N2O3. The lowest BCUT2D eigenvalue weighted by Gasteiger charge is -2.29. The Kier molecular flexibility index (Phi) is 8.26. The second-order valence-corrected chi connectivity index (χ2v) is 5.77. The summed E-state index contributed by atoms with van der Waals surface area (Å²) in [5.74, 6) is -0.333. The number of benzene rings is 1. The van der Waals surface area contributed by atoms with E-state index in [4.69, 9.17) is 10.5 Å². The van der Waals surface area contributed by atoms with Gasteiger partial charge in [0.05, 0.1) is 7.11 Å². The summed E-state index contributed by atoms with van der Waals surface area (Å²) >= 11 is 0. The molecule has 0 aromatic heterocycles. The lowest BCUT2D eigenvalue weighted by atomic mass is 9.93. The molecule has 0 heterocycles. The smallest absolute Gasteiger partial charge is 0.387 e. The van der Waals surface area contributed by atoms with Crippen LogP contribution in [0.5, 0.6) is 11.5 Å².